The number of carbonyl (C=O) groups is 1. The minimum atomic E-state index is -0.790. The Morgan fingerprint density at radius 1 is 1.00 bits per heavy atom. The van der Waals surface area contributed by atoms with Crippen LogP contribution in [0.15, 0.2) is 70.3 Å². The largest absolute Gasteiger partial charge is 0.438 e. The van der Waals surface area contributed by atoms with Crippen LogP contribution in [0.1, 0.15) is 16.1 Å². The molecule has 4 N–H and O–H groups in total. The first-order valence-electron chi connectivity index (χ1n) is 10.6. The van der Waals surface area contributed by atoms with E-state index < -0.39 is 17.3 Å². The van der Waals surface area contributed by atoms with E-state index in [0.29, 0.717) is 16.5 Å². The summed E-state index contributed by atoms with van der Waals surface area (Å²) in [7, 11) is 0. The Morgan fingerprint density at radius 3 is 2.33 bits per heavy atom. The first-order valence-corrected chi connectivity index (χ1v) is 11.0. The van der Waals surface area contributed by atoms with Gasteiger partial charge in [-0.25, -0.2) is 14.2 Å². The maximum Gasteiger partial charge on any atom is 0.355 e. The summed E-state index contributed by atoms with van der Waals surface area (Å²) in [6.45, 7) is -0.458. The predicted octanol–water partition coefficient (Wildman–Crippen LogP) is 1.52. The van der Waals surface area contributed by atoms with Crippen LogP contribution >= 0.6 is 11.6 Å². The number of hydrogen-bond donors (Lipinski definition) is 3. The molecule has 184 valence electrons. The lowest BCUT2D eigenvalue weighted by molar-refractivity contribution is 0.0994. The molecule has 0 aliphatic rings. The van der Waals surface area contributed by atoms with Gasteiger partial charge in [-0.15, -0.1) is 10.2 Å². The number of halogens is 1. The van der Waals surface area contributed by atoms with Gasteiger partial charge in [-0.3, -0.25) is 9.36 Å². The first kappa shape index (κ1) is 24.6. The molecule has 0 spiro atoms. The Kier molecular flexibility index (Phi) is 7.37. The van der Waals surface area contributed by atoms with Gasteiger partial charge in [0.05, 0.1) is 19.7 Å². The number of ether oxygens (including phenoxy) is 1. The monoisotopic (exact) mass is 509 g/mol. The molecule has 0 aliphatic carbocycles. The molecule has 2 aromatic heterocycles. The van der Waals surface area contributed by atoms with E-state index in [1.54, 1.807) is 48.5 Å². The Bertz CT molecular complexity index is 1480. The van der Waals surface area contributed by atoms with Crippen LogP contribution in [0.25, 0.3) is 0 Å². The predicted molar refractivity (Wildman–Crippen MR) is 131 cm³/mol. The number of benzene rings is 2. The number of aliphatic hydroxyl groups is 1. The molecule has 0 saturated carbocycles. The molecule has 0 unspecified atom stereocenters. The number of primary amides is 1. The summed E-state index contributed by atoms with van der Waals surface area (Å²) >= 11 is 5.95. The van der Waals surface area contributed by atoms with Crippen molar-refractivity contribution in [3.8, 4) is 11.6 Å². The third-order valence-electron chi connectivity index (χ3n) is 4.95. The molecular weight excluding hydrogens is 490 g/mol. The summed E-state index contributed by atoms with van der Waals surface area (Å²) in [5, 5.41) is 20.2. The highest BCUT2D eigenvalue weighted by atomic mass is 35.5. The topological polar surface area (TPSA) is 167 Å². The molecule has 13 heteroatoms. The highest BCUT2D eigenvalue weighted by molar-refractivity contribution is 6.30. The number of nitrogens with zero attached hydrogens (tertiary/aromatic N) is 5. The molecule has 1 amide bonds. The van der Waals surface area contributed by atoms with Gasteiger partial charge < -0.3 is 20.9 Å². The van der Waals surface area contributed by atoms with Gasteiger partial charge in [-0.1, -0.05) is 23.7 Å². The Morgan fingerprint density at radius 2 is 1.72 bits per heavy atom. The van der Waals surface area contributed by atoms with Crippen molar-refractivity contribution in [3.63, 3.8) is 0 Å². The minimum absolute atomic E-state index is 0.0138. The van der Waals surface area contributed by atoms with Gasteiger partial charge >= 0.3 is 11.4 Å². The molecule has 0 aliphatic heterocycles. The summed E-state index contributed by atoms with van der Waals surface area (Å²) in [6.07, 6.45) is 0. The van der Waals surface area contributed by atoms with Crippen LogP contribution in [-0.2, 0) is 13.1 Å². The Hall–Kier alpha value is -4.55. The van der Waals surface area contributed by atoms with Crippen LogP contribution in [0.5, 0.6) is 11.6 Å². The van der Waals surface area contributed by atoms with E-state index in [2.05, 4.69) is 20.5 Å². The molecule has 4 aromatic rings. The van der Waals surface area contributed by atoms with Gasteiger partial charge in [0.2, 0.25) is 11.8 Å². The second kappa shape index (κ2) is 10.8. The fourth-order valence-corrected chi connectivity index (χ4v) is 3.32. The molecule has 0 atom stereocenters. The number of hydrogen-bond acceptors (Lipinski definition) is 9. The van der Waals surface area contributed by atoms with Crippen molar-refractivity contribution >= 4 is 29.1 Å². The third kappa shape index (κ3) is 5.74. The lowest BCUT2D eigenvalue weighted by atomic mass is 10.2. The normalized spacial score (nSPS) is 10.7. The van der Waals surface area contributed by atoms with Crippen molar-refractivity contribution in [2.75, 3.05) is 11.9 Å². The minimum Gasteiger partial charge on any atom is -0.438 e. The summed E-state index contributed by atoms with van der Waals surface area (Å²) in [4.78, 5) is 40.6. The van der Waals surface area contributed by atoms with Crippen LogP contribution in [0, 0.1) is 0 Å². The van der Waals surface area contributed by atoms with Crippen molar-refractivity contribution in [3.05, 3.63) is 97.9 Å². The summed E-state index contributed by atoms with van der Waals surface area (Å²) in [6, 6.07) is 16.3. The number of nitrogens with one attached hydrogen (secondary N) is 1. The average molecular weight is 510 g/mol. The van der Waals surface area contributed by atoms with Crippen molar-refractivity contribution in [2.24, 2.45) is 5.73 Å². The molecule has 36 heavy (non-hydrogen) atoms. The van der Waals surface area contributed by atoms with Gasteiger partial charge in [0.15, 0.2) is 5.69 Å². The van der Waals surface area contributed by atoms with Crippen LogP contribution < -0.4 is 27.2 Å². The van der Waals surface area contributed by atoms with E-state index in [4.69, 9.17) is 22.1 Å². The quantitative estimate of drug-likeness (QED) is 0.303. The van der Waals surface area contributed by atoms with E-state index in [1.807, 2.05) is 0 Å². The second-order valence-electron chi connectivity index (χ2n) is 7.46. The van der Waals surface area contributed by atoms with Crippen LogP contribution in [0.2, 0.25) is 5.02 Å². The number of aliphatic hydroxyl groups excluding tert-OH is 1. The summed E-state index contributed by atoms with van der Waals surface area (Å²) < 4.78 is 7.76. The average Bonchev–Trinajstić information content (AvgIpc) is 2.87. The maximum absolute atomic E-state index is 13.0. The number of anilines is 2. The highest BCUT2D eigenvalue weighted by Gasteiger charge is 2.14. The molecule has 0 bridgehead atoms. The van der Waals surface area contributed by atoms with Crippen LogP contribution in [0.4, 0.5) is 11.6 Å². The van der Waals surface area contributed by atoms with E-state index in [1.165, 1.54) is 16.7 Å². The number of rotatable bonds is 9. The highest BCUT2D eigenvalue weighted by Crippen LogP contribution is 2.22. The number of amides is 1. The van der Waals surface area contributed by atoms with E-state index in [9.17, 15) is 19.5 Å². The Labute approximate surface area is 208 Å². The van der Waals surface area contributed by atoms with Crippen molar-refractivity contribution in [2.45, 2.75) is 13.1 Å². The molecule has 0 fully saturated rings. The first-order chi connectivity index (χ1) is 17.3. The van der Waals surface area contributed by atoms with Gasteiger partial charge in [0.25, 0.3) is 5.91 Å². The zero-order valence-electron chi connectivity index (χ0n) is 18.7. The van der Waals surface area contributed by atoms with Gasteiger partial charge in [0.1, 0.15) is 5.75 Å². The molecule has 2 aromatic carbocycles. The number of carbonyl (C=O) groups excluding carboxylic acids is 1. The molecule has 2 heterocycles. The van der Waals surface area contributed by atoms with E-state index >= 15 is 0 Å². The molecule has 0 saturated heterocycles. The van der Waals surface area contributed by atoms with Crippen molar-refractivity contribution < 1.29 is 14.6 Å². The lowest BCUT2D eigenvalue weighted by Crippen LogP contribution is -2.43. The molecule has 12 nitrogen and oxygen atoms in total. The zero-order valence-corrected chi connectivity index (χ0v) is 19.4. The van der Waals surface area contributed by atoms with Crippen molar-refractivity contribution in [1.29, 1.82) is 0 Å². The maximum atomic E-state index is 13.0. The van der Waals surface area contributed by atoms with Gasteiger partial charge in [0, 0.05) is 16.8 Å². The summed E-state index contributed by atoms with van der Waals surface area (Å²) in [5.74, 6) is -0.0920. The van der Waals surface area contributed by atoms with E-state index in [-0.39, 0.29) is 37.2 Å². The fourth-order valence-electron chi connectivity index (χ4n) is 3.19. The molecule has 0 radical (unpaired) electrons. The SMILES string of the molecule is NC(=O)c1ccc(Oc2ccc(Nc3nc(=O)n(CCO)c(=O)n3Cc3ccc(Cl)cc3)cc2)nn1. The summed E-state index contributed by atoms with van der Waals surface area (Å²) in [5.41, 5.74) is 5.02. The lowest BCUT2D eigenvalue weighted by Gasteiger charge is -2.15. The smallest absolute Gasteiger partial charge is 0.355 e. The molecule has 4 rings (SSSR count). The second-order valence-corrected chi connectivity index (χ2v) is 7.90. The fraction of sp³-hybridized carbons (Fsp3) is 0.130. The number of nitrogens with two attached hydrogens (primary N) is 1. The van der Waals surface area contributed by atoms with Gasteiger partial charge in [-0.05, 0) is 48.0 Å². The molecular formula is C23H20ClN7O5. The van der Waals surface area contributed by atoms with Gasteiger partial charge in [-0.2, -0.15) is 4.98 Å². The third-order valence-corrected chi connectivity index (χ3v) is 5.20. The standard InChI is InChI=1S/C23H20ClN7O5/c24-15-3-1-14(2-4-15)13-31-21(27-22(34)30(11-12-32)23(31)35)26-16-5-7-17(8-6-16)36-19-10-9-18(20(25)33)28-29-19/h1-10,32H,11-13H2,(H2,25,33)(H,26,27,34). The van der Waals surface area contributed by atoms with Crippen molar-refractivity contribution in [1.82, 2.24) is 24.3 Å². The van der Waals surface area contributed by atoms with Crippen LogP contribution in [-0.4, -0.2) is 41.9 Å². The van der Waals surface area contributed by atoms with Crippen LogP contribution in [0.3, 0.4) is 0 Å². The number of aromatic nitrogens is 5. The van der Waals surface area contributed by atoms with E-state index in [0.717, 1.165) is 10.1 Å². The Balaban J connectivity index is 1.59. The zero-order chi connectivity index (χ0) is 25.7.